The van der Waals surface area contributed by atoms with Gasteiger partial charge in [0.15, 0.2) is 0 Å². The number of hydrogen-bond donors (Lipinski definition) is 3. The second-order valence-corrected chi connectivity index (χ2v) is 6.57. The molecule has 0 unspecified atom stereocenters. The number of rotatable bonds is 8. The third-order valence-corrected chi connectivity index (χ3v) is 4.45. The van der Waals surface area contributed by atoms with Crippen LogP contribution in [0.15, 0.2) is 79.2 Å². The molecule has 0 aliphatic heterocycles. The normalized spacial score (nSPS) is 14.0. The molecule has 152 valence electrons. The van der Waals surface area contributed by atoms with Crippen molar-refractivity contribution >= 4 is 18.1 Å². The van der Waals surface area contributed by atoms with E-state index < -0.39 is 11.7 Å². The third-order valence-electron chi connectivity index (χ3n) is 4.45. The second-order valence-electron chi connectivity index (χ2n) is 6.57. The molecule has 2 aromatic rings. The lowest BCUT2D eigenvalue weighted by Crippen LogP contribution is -2.32. The molecular weight excluding hydrogens is 383 g/mol. The Morgan fingerprint density at radius 1 is 1.30 bits per heavy atom. The van der Waals surface area contributed by atoms with Crippen LogP contribution in [-0.2, 0) is 0 Å². The molecule has 2 aromatic heterocycles. The van der Waals surface area contributed by atoms with E-state index in [1.807, 2.05) is 6.07 Å². The van der Waals surface area contributed by atoms with Gasteiger partial charge in [-0.15, -0.1) is 0 Å². The summed E-state index contributed by atoms with van der Waals surface area (Å²) in [6.45, 7) is 3.55. The molecule has 1 fully saturated rings. The average molecular weight is 404 g/mol. The summed E-state index contributed by atoms with van der Waals surface area (Å²) in [5.74, 6) is -1.57. The first-order valence-corrected chi connectivity index (χ1v) is 9.29. The van der Waals surface area contributed by atoms with Crippen LogP contribution in [0, 0.1) is 10.8 Å². The van der Waals surface area contributed by atoms with Crippen LogP contribution in [0.2, 0.25) is 0 Å². The number of pyridine rings is 2. The van der Waals surface area contributed by atoms with Crippen molar-refractivity contribution in [3.8, 4) is 11.1 Å². The standard InChI is InChI=1S/C22H21FN6O/c1-2-4-18(21(25)29(14-24)17-6-7-17)19(23)13-28-22(30)20-11-15(8-10-27-20)16-5-3-9-26-12-16/h2-5,8-14,17,24-25H,1,6-7H2,(H,28,30)/b18-4+,19-13-,24-14?,25-21?. The first kappa shape index (κ1) is 20.8. The van der Waals surface area contributed by atoms with Gasteiger partial charge in [-0.1, -0.05) is 18.7 Å². The van der Waals surface area contributed by atoms with Gasteiger partial charge in [-0.3, -0.25) is 25.6 Å². The van der Waals surface area contributed by atoms with Crippen LogP contribution >= 0.6 is 0 Å². The van der Waals surface area contributed by atoms with E-state index in [4.69, 9.17) is 10.8 Å². The number of halogens is 1. The summed E-state index contributed by atoms with van der Waals surface area (Å²) in [6.07, 6.45) is 11.1. The molecule has 1 aliphatic carbocycles. The van der Waals surface area contributed by atoms with Crippen molar-refractivity contribution in [3.63, 3.8) is 0 Å². The number of nitrogens with one attached hydrogen (secondary N) is 3. The smallest absolute Gasteiger partial charge is 0.273 e. The lowest BCUT2D eigenvalue weighted by molar-refractivity contribution is 0.0964. The van der Waals surface area contributed by atoms with Gasteiger partial charge >= 0.3 is 0 Å². The van der Waals surface area contributed by atoms with E-state index in [0.717, 1.165) is 36.5 Å². The Balaban J connectivity index is 1.76. The number of allylic oxidation sites excluding steroid dienone is 2. The van der Waals surface area contributed by atoms with Crippen LogP contribution in [0.25, 0.3) is 11.1 Å². The van der Waals surface area contributed by atoms with Crippen LogP contribution in [0.4, 0.5) is 4.39 Å². The maximum absolute atomic E-state index is 14.8. The van der Waals surface area contributed by atoms with Crippen LogP contribution < -0.4 is 5.32 Å². The van der Waals surface area contributed by atoms with Gasteiger partial charge in [-0.25, -0.2) is 4.39 Å². The van der Waals surface area contributed by atoms with Crippen molar-refractivity contribution in [3.05, 3.63) is 84.9 Å². The van der Waals surface area contributed by atoms with Crippen molar-refractivity contribution in [2.45, 2.75) is 18.9 Å². The summed E-state index contributed by atoms with van der Waals surface area (Å²) in [5.41, 5.74) is 1.63. The molecule has 30 heavy (non-hydrogen) atoms. The number of amides is 1. The molecule has 3 N–H and O–H groups in total. The van der Waals surface area contributed by atoms with E-state index in [9.17, 15) is 9.18 Å². The summed E-state index contributed by atoms with van der Waals surface area (Å²) in [6, 6.07) is 7.02. The first-order valence-electron chi connectivity index (χ1n) is 9.29. The van der Waals surface area contributed by atoms with Crippen LogP contribution in [0.5, 0.6) is 0 Å². The Hall–Kier alpha value is -3.94. The molecule has 0 saturated heterocycles. The van der Waals surface area contributed by atoms with E-state index in [2.05, 4.69) is 21.9 Å². The van der Waals surface area contributed by atoms with Crippen molar-refractivity contribution in [1.29, 1.82) is 10.8 Å². The minimum atomic E-state index is -0.816. The van der Waals surface area contributed by atoms with E-state index in [1.54, 1.807) is 30.6 Å². The molecule has 0 bridgehead atoms. The van der Waals surface area contributed by atoms with Crippen LogP contribution in [0.3, 0.4) is 0 Å². The van der Waals surface area contributed by atoms with E-state index >= 15 is 0 Å². The molecular formula is C22H21FN6O. The maximum atomic E-state index is 14.8. The summed E-state index contributed by atoms with van der Waals surface area (Å²) in [4.78, 5) is 21.9. The summed E-state index contributed by atoms with van der Waals surface area (Å²) >= 11 is 0. The van der Waals surface area contributed by atoms with E-state index in [1.165, 1.54) is 23.2 Å². The molecule has 3 rings (SSSR count). The van der Waals surface area contributed by atoms with Gasteiger partial charge in [-0.2, -0.15) is 0 Å². The number of aromatic nitrogens is 2. The lowest BCUT2D eigenvalue weighted by Gasteiger charge is -2.20. The third kappa shape index (κ3) is 4.91. The summed E-state index contributed by atoms with van der Waals surface area (Å²) < 4.78 is 14.8. The molecule has 7 nitrogen and oxygen atoms in total. The molecule has 8 heteroatoms. The number of amidine groups is 1. The second kappa shape index (κ2) is 9.51. The first-order chi connectivity index (χ1) is 14.5. The van der Waals surface area contributed by atoms with Gasteiger partial charge in [0.2, 0.25) is 0 Å². The largest absolute Gasteiger partial charge is 0.324 e. The highest BCUT2D eigenvalue weighted by atomic mass is 19.1. The highest BCUT2D eigenvalue weighted by Crippen LogP contribution is 2.28. The molecule has 2 heterocycles. The minimum Gasteiger partial charge on any atom is -0.324 e. The Labute approximate surface area is 173 Å². The van der Waals surface area contributed by atoms with Crippen molar-refractivity contribution in [2.24, 2.45) is 0 Å². The zero-order chi connectivity index (χ0) is 21.5. The van der Waals surface area contributed by atoms with Gasteiger partial charge in [0.05, 0.1) is 11.9 Å². The van der Waals surface area contributed by atoms with Gasteiger partial charge in [0.1, 0.15) is 17.4 Å². The Bertz CT molecular complexity index is 1030. The van der Waals surface area contributed by atoms with Gasteiger partial charge in [0.25, 0.3) is 5.91 Å². The quantitative estimate of drug-likeness (QED) is 0.353. The molecule has 0 radical (unpaired) electrons. The van der Waals surface area contributed by atoms with Crippen LogP contribution in [-0.4, -0.2) is 39.0 Å². The monoisotopic (exact) mass is 404 g/mol. The number of nitrogens with zero attached hydrogens (tertiary/aromatic N) is 3. The topological polar surface area (TPSA) is 106 Å². The number of carbonyl (C=O) groups is 1. The number of hydrogen-bond acceptors (Lipinski definition) is 5. The number of carbonyl (C=O) groups excluding carboxylic acids is 1. The van der Waals surface area contributed by atoms with Crippen molar-refractivity contribution in [1.82, 2.24) is 20.2 Å². The molecule has 0 spiro atoms. The van der Waals surface area contributed by atoms with Crippen molar-refractivity contribution in [2.75, 3.05) is 0 Å². The Morgan fingerprint density at radius 3 is 2.73 bits per heavy atom. The molecule has 1 aliphatic rings. The SMILES string of the molecule is C=C/C=C(C(=N)N(C=N)C1CC1)\C(F)=C\NC(=O)c1cc(-c2cccnc2)ccn1. The van der Waals surface area contributed by atoms with E-state index in [0.29, 0.717) is 0 Å². The summed E-state index contributed by atoms with van der Waals surface area (Å²) in [7, 11) is 0. The van der Waals surface area contributed by atoms with Crippen LogP contribution in [0.1, 0.15) is 23.3 Å². The molecule has 1 amide bonds. The fourth-order valence-corrected chi connectivity index (χ4v) is 2.78. The Morgan fingerprint density at radius 2 is 2.10 bits per heavy atom. The van der Waals surface area contributed by atoms with Gasteiger partial charge in [-0.05, 0) is 42.7 Å². The maximum Gasteiger partial charge on any atom is 0.273 e. The van der Waals surface area contributed by atoms with Gasteiger partial charge in [0, 0.05) is 36.4 Å². The highest BCUT2D eigenvalue weighted by molar-refractivity contribution is 6.05. The van der Waals surface area contributed by atoms with Gasteiger partial charge < -0.3 is 10.2 Å². The average Bonchev–Trinajstić information content (AvgIpc) is 3.62. The zero-order valence-corrected chi connectivity index (χ0v) is 16.2. The summed E-state index contributed by atoms with van der Waals surface area (Å²) in [5, 5.41) is 18.1. The van der Waals surface area contributed by atoms with E-state index in [-0.39, 0.29) is 23.1 Å². The fourth-order valence-electron chi connectivity index (χ4n) is 2.78. The predicted molar refractivity (Wildman–Crippen MR) is 114 cm³/mol. The Kier molecular flexibility index (Phi) is 6.59. The minimum absolute atomic E-state index is 0.0324. The van der Waals surface area contributed by atoms with Crippen molar-refractivity contribution < 1.29 is 9.18 Å². The highest BCUT2D eigenvalue weighted by Gasteiger charge is 2.31. The molecule has 0 aromatic carbocycles. The lowest BCUT2D eigenvalue weighted by atomic mass is 10.1. The zero-order valence-electron chi connectivity index (χ0n) is 16.2. The fraction of sp³-hybridized carbons (Fsp3) is 0.136. The molecule has 1 saturated carbocycles. The molecule has 0 atom stereocenters. The predicted octanol–water partition coefficient (Wildman–Crippen LogP) is 3.85.